The van der Waals surface area contributed by atoms with E-state index in [-0.39, 0.29) is 23.9 Å². The lowest BCUT2D eigenvalue weighted by atomic mass is 9.96. The van der Waals surface area contributed by atoms with E-state index in [1.165, 1.54) is 46.5 Å². The van der Waals surface area contributed by atoms with Gasteiger partial charge in [0.1, 0.15) is 23.4 Å². The summed E-state index contributed by atoms with van der Waals surface area (Å²) in [7, 11) is 0. The minimum Gasteiger partial charge on any atom is -0.353 e. The van der Waals surface area contributed by atoms with Crippen LogP contribution in [0.2, 0.25) is 0 Å². The third-order valence-electron chi connectivity index (χ3n) is 5.87. The second-order valence-electron chi connectivity index (χ2n) is 8.43. The quantitative estimate of drug-likeness (QED) is 0.571. The van der Waals surface area contributed by atoms with Gasteiger partial charge in [-0.15, -0.1) is 0 Å². The molecule has 1 saturated heterocycles. The number of anilines is 2. The first kappa shape index (κ1) is 21.5. The topological polar surface area (TPSA) is 109 Å². The van der Waals surface area contributed by atoms with E-state index in [0.717, 1.165) is 25.7 Å². The maximum absolute atomic E-state index is 13.0. The number of piperidine rings is 1. The monoisotopic (exact) mass is 470 g/mol. The number of hydrogen-bond acceptors (Lipinski definition) is 7. The largest absolute Gasteiger partial charge is 0.353 e. The highest BCUT2D eigenvalue weighted by Crippen LogP contribution is 2.30. The number of nitrogens with zero attached hydrogens (tertiary/aromatic N) is 4. The van der Waals surface area contributed by atoms with Crippen LogP contribution in [0.25, 0.3) is 10.3 Å². The average Bonchev–Trinajstić information content (AvgIpc) is 3.52. The van der Waals surface area contributed by atoms with Gasteiger partial charge in [-0.1, -0.05) is 11.3 Å². The van der Waals surface area contributed by atoms with Crippen molar-refractivity contribution in [2.75, 3.05) is 23.3 Å². The van der Waals surface area contributed by atoms with Gasteiger partial charge in [0.25, 0.3) is 5.56 Å². The van der Waals surface area contributed by atoms with E-state index in [1.54, 1.807) is 0 Å². The van der Waals surface area contributed by atoms with Crippen LogP contribution in [0.3, 0.4) is 0 Å². The molecule has 2 N–H and O–H groups in total. The Morgan fingerprint density at radius 2 is 1.85 bits per heavy atom. The SMILES string of the molecule is O=C(Cn1cnc2nc(N3CCC(C(=O)NC4CC4)CC3)sc2c1=O)Nc1ccc(F)cc1. The molecule has 11 heteroatoms. The lowest BCUT2D eigenvalue weighted by Crippen LogP contribution is -2.41. The molecule has 1 aliphatic heterocycles. The zero-order valence-electron chi connectivity index (χ0n) is 17.8. The number of fused-ring (bicyclic) bond motifs is 1. The van der Waals surface area contributed by atoms with Gasteiger partial charge in [-0.25, -0.2) is 9.37 Å². The molecule has 172 valence electrons. The number of hydrogen-bond donors (Lipinski definition) is 2. The van der Waals surface area contributed by atoms with E-state index in [0.29, 0.717) is 40.3 Å². The molecule has 2 aliphatic rings. The van der Waals surface area contributed by atoms with Crippen molar-refractivity contribution in [3.8, 4) is 0 Å². The molecule has 0 radical (unpaired) electrons. The average molecular weight is 471 g/mol. The number of nitrogens with one attached hydrogen (secondary N) is 2. The van der Waals surface area contributed by atoms with Crippen molar-refractivity contribution in [1.29, 1.82) is 0 Å². The Hall–Kier alpha value is -3.34. The molecule has 2 aromatic heterocycles. The lowest BCUT2D eigenvalue weighted by molar-refractivity contribution is -0.125. The Morgan fingerprint density at radius 3 is 2.55 bits per heavy atom. The van der Waals surface area contributed by atoms with Gasteiger partial charge in [0.15, 0.2) is 10.8 Å². The molecule has 1 aromatic carbocycles. The summed E-state index contributed by atoms with van der Waals surface area (Å²) in [5.41, 5.74) is 0.457. The Bertz CT molecular complexity index is 1250. The van der Waals surface area contributed by atoms with Crippen LogP contribution >= 0.6 is 11.3 Å². The van der Waals surface area contributed by atoms with Gasteiger partial charge in [0.2, 0.25) is 11.8 Å². The van der Waals surface area contributed by atoms with E-state index in [2.05, 4.69) is 25.5 Å². The van der Waals surface area contributed by atoms with Crippen LogP contribution in [0, 0.1) is 11.7 Å². The summed E-state index contributed by atoms with van der Waals surface area (Å²) < 4.78 is 14.6. The van der Waals surface area contributed by atoms with Gasteiger partial charge < -0.3 is 15.5 Å². The molecule has 0 bridgehead atoms. The highest BCUT2D eigenvalue weighted by atomic mass is 32.1. The second kappa shape index (κ2) is 8.89. The van der Waals surface area contributed by atoms with Crippen molar-refractivity contribution in [1.82, 2.24) is 19.9 Å². The summed E-state index contributed by atoms with van der Waals surface area (Å²) in [4.78, 5) is 48.3. The first-order valence-electron chi connectivity index (χ1n) is 10.9. The second-order valence-corrected chi connectivity index (χ2v) is 9.40. The molecule has 2 amide bonds. The van der Waals surface area contributed by atoms with Gasteiger partial charge >= 0.3 is 0 Å². The molecular weight excluding hydrogens is 447 g/mol. The normalized spacial score (nSPS) is 16.7. The van der Waals surface area contributed by atoms with Crippen molar-refractivity contribution in [2.24, 2.45) is 5.92 Å². The van der Waals surface area contributed by atoms with E-state index >= 15 is 0 Å². The summed E-state index contributed by atoms with van der Waals surface area (Å²) in [5, 5.41) is 6.40. The molecule has 2 fully saturated rings. The van der Waals surface area contributed by atoms with E-state index in [1.807, 2.05) is 0 Å². The van der Waals surface area contributed by atoms with Crippen LogP contribution < -0.4 is 21.1 Å². The molecule has 3 aromatic rings. The summed E-state index contributed by atoms with van der Waals surface area (Å²) in [5.74, 6) is -0.650. The van der Waals surface area contributed by atoms with E-state index in [4.69, 9.17) is 0 Å². The molecule has 0 unspecified atom stereocenters. The maximum atomic E-state index is 13.0. The molecule has 0 atom stereocenters. The van der Waals surface area contributed by atoms with Gasteiger partial charge in [0, 0.05) is 30.7 Å². The minimum absolute atomic E-state index is 0.0196. The number of carbonyl (C=O) groups excluding carboxylic acids is 2. The minimum atomic E-state index is -0.416. The van der Waals surface area contributed by atoms with Crippen LogP contribution in [0.15, 0.2) is 35.4 Å². The van der Waals surface area contributed by atoms with Crippen molar-refractivity contribution in [3.63, 3.8) is 0 Å². The van der Waals surface area contributed by atoms with Crippen LogP contribution in [0.5, 0.6) is 0 Å². The fourth-order valence-electron chi connectivity index (χ4n) is 3.85. The zero-order valence-corrected chi connectivity index (χ0v) is 18.6. The first-order chi connectivity index (χ1) is 16.0. The van der Waals surface area contributed by atoms with Gasteiger partial charge in [0.05, 0.1) is 0 Å². The number of rotatable bonds is 6. The standard InChI is InChI=1S/C22H23FN6O3S/c23-14-1-3-15(4-2-14)25-17(30)11-29-12-24-19-18(21(29)32)33-22(27-19)28-9-7-13(8-10-28)20(31)26-16-5-6-16/h1-4,12-13,16H,5-11H2,(H,25,30)(H,26,31). The number of amides is 2. The van der Waals surface area contributed by atoms with Crippen molar-refractivity contribution >= 4 is 44.3 Å². The molecular formula is C22H23FN6O3S. The van der Waals surface area contributed by atoms with Crippen LogP contribution in [-0.4, -0.2) is 45.5 Å². The van der Waals surface area contributed by atoms with Crippen molar-refractivity contribution < 1.29 is 14.0 Å². The highest BCUT2D eigenvalue weighted by Gasteiger charge is 2.30. The van der Waals surface area contributed by atoms with Crippen molar-refractivity contribution in [3.05, 3.63) is 46.8 Å². The lowest BCUT2D eigenvalue weighted by Gasteiger charge is -2.30. The van der Waals surface area contributed by atoms with Crippen molar-refractivity contribution in [2.45, 2.75) is 38.3 Å². The summed E-state index contributed by atoms with van der Waals surface area (Å²) in [6.45, 7) is 1.17. The van der Waals surface area contributed by atoms with Crippen LogP contribution in [0.1, 0.15) is 25.7 Å². The number of carbonyl (C=O) groups is 2. The van der Waals surface area contributed by atoms with Gasteiger partial charge in [-0.3, -0.25) is 19.0 Å². The summed E-state index contributed by atoms with van der Waals surface area (Å²) in [6, 6.07) is 5.76. The summed E-state index contributed by atoms with van der Waals surface area (Å²) in [6.07, 6.45) is 4.96. The highest BCUT2D eigenvalue weighted by molar-refractivity contribution is 7.22. The Morgan fingerprint density at radius 1 is 1.12 bits per heavy atom. The Labute approximate surface area is 192 Å². The predicted octanol–water partition coefficient (Wildman–Crippen LogP) is 2.13. The third-order valence-corrected chi connectivity index (χ3v) is 6.97. The smallest absolute Gasteiger partial charge is 0.273 e. The Balaban J connectivity index is 1.24. The number of thiazole rings is 1. The van der Waals surface area contributed by atoms with E-state index in [9.17, 15) is 18.8 Å². The molecule has 9 nitrogen and oxygen atoms in total. The summed E-state index contributed by atoms with van der Waals surface area (Å²) >= 11 is 1.25. The molecule has 1 aliphatic carbocycles. The van der Waals surface area contributed by atoms with Gasteiger partial charge in [-0.05, 0) is 49.9 Å². The van der Waals surface area contributed by atoms with Crippen LogP contribution in [-0.2, 0) is 16.1 Å². The molecule has 0 spiro atoms. The number of aromatic nitrogens is 3. The fourth-order valence-corrected chi connectivity index (χ4v) is 4.87. The predicted molar refractivity (Wildman–Crippen MR) is 123 cm³/mol. The molecule has 1 saturated carbocycles. The third kappa shape index (κ3) is 4.87. The van der Waals surface area contributed by atoms with Crippen LogP contribution in [0.4, 0.5) is 15.2 Å². The molecule has 33 heavy (non-hydrogen) atoms. The van der Waals surface area contributed by atoms with E-state index < -0.39 is 11.7 Å². The number of benzene rings is 1. The number of halogens is 1. The Kier molecular flexibility index (Phi) is 5.79. The fraction of sp³-hybridized carbons (Fsp3) is 0.409. The van der Waals surface area contributed by atoms with Gasteiger partial charge in [-0.2, -0.15) is 4.98 Å². The maximum Gasteiger partial charge on any atom is 0.273 e. The first-order valence-corrected chi connectivity index (χ1v) is 11.7. The molecule has 5 rings (SSSR count). The molecule has 3 heterocycles. The zero-order chi connectivity index (χ0) is 22.9.